The van der Waals surface area contributed by atoms with Crippen molar-refractivity contribution in [3.63, 3.8) is 0 Å². The summed E-state index contributed by atoms with van der Waals surface area (Å²) >= 11 is 2.00. The molecule has 1 N–H and O–H groups in total. The van der Waals surface area contributed by atoms with Crippen molar-refractivity contribution in [2.45, 2.75) is 110 Å². The molecule has 0 aromatic carbocycles. The summed E-state index contributed by atoms with van der Waals surface area (Å²) in [6, 6.07) is 0. The van der Waals surface area contributed by atoms with Gasteiger partial charge in [-0.15, -0.1) is 0 Å². The van der Waals surface area contributed by atoms with Gasteiger partial charge in [-0.1, -0.05) is 103 Å². The number of unbranched alkanes of at least 4 members (excludes halogenated alkanes) is 15. The number of ether oxygens (including phenoxy) is 8. The lowest BCUT2D eigenvalue weighted by Gasteiger charge is -2.08. The van der Waals surface area contributed by atoms with E-state index in [1.165, 1.54) is 108 Å². The molecule has 0 saturated heterocycles. The van der Waals surface area contributed by atoms with Crippen molar-refractivity contribution in [2.75, 3.05) is 124 Å². The predicted molar refractivity (Wildman–Crippen MR) is 201 cm³/mol. The van der Waals surface area contributed by atoms with E-state index in [0.717, 1.165) is 12.4 Å². The van der Waals surface area contributed by atoms with Crippen molar-refractivity contribution in [3.05, 3.63) is 0 Å². The lowest BCUT2D eigenvalue weighted by atomic mass is 10.0. The first-order chi connectivity index (χ1) is 24.6. The molecule has 0 spiro atoms. The third kappa shape index (κ3) is 47.9. The second-order valence-corrected chi connectivity index (χ2v) is 14.4. The van der Waals surface area contributed by atoms with Crippen LogP contribution in [0, 0.1) is 0 Å². The monoisotopic (exact) mass is 762 g/mol. The summed E-state index contributed by atoms with van der Waals surface area (Å²) in [4.78, 5) is 0. The fourth-order valence-corrected chi connectivity index (χ4v) is 5.94. The van der Waals surface area contributed by atoms with Gasteiger partial charge in [0.15, 0.2) is 0 Å². The Labute approximate surface area is 309 Å². The smallest absolute Gasteiger partial charge is 0.378 e. The van der Waals surface area contributed by atoms with Crippen LogP contribution in [-0.2, 0) is 52.5 Å². The molecule has 14 heteroatoms. The van der Waals surface area contributed by atoms with Crippen LogP contribution in [0.15, 0.2) is 0 Å². The largest absolute Gasteiger partial charge is 0.397 e. The average molecular weight is 763 g/mol. The quantitative estimate of drug-likeness (QED) is 0.0508. The summed E-state index contributed by atoms with van der Waals surface area (Å²) in [7, 11) is -4.42. The molecule has 12 nitrogen and oxygen atoms in total. The van der Waals surface area contributed by atoms with E-state index in [4.69, 9.17) is 42.4 Å². The lowest BCUT2D eigenvalue weighted by molar-refractivity contribution is -0.0233. The highest BCUT2D eigenvalue weighted by Gasteiger charge is 2.03. The molecule has 0 fully saturated rings. The van der Waals surface area contributed by atoms with Crippen LogP contribution >= 0.6 is 11.8 Å². The molecule has 0 unspecified atom stereocenters. The summed E-state index contributed by atoms with van der Waals surface area (Å²) in [5, 5.41) is 0. The zero-order chi connectivity index (χ0) is 36.3. The highest BCUT2D eigenvalue weighted by molar-refractivity contribution is 7.99. The van der Waals surface area contributed by atoms with Crippen molar-refractivity contribution in [1.29, 1.82) is 0 Å². The Morgan fingerprint density at radius 1 is 0.360 bits per heavy atom. The Hall–Kier alpha value is -0.100. The molecule has 0 aromatic rings. The third-order valence-electron chi connectivity index (χ3n) is 7.58. The van der Waals surface area contributed by atoms with Gasteiger partial charge in [-0.25, -0.2) is 4.18 Å². The highest BCUT2D eigenvalue weighted by Crippen LogP contribution is 2.14. The summed E-state index contributed by atoms with van der Waals surface area (Å²) in [6.45, 7) is 9.56. The van der Waals surface area contributed by atoms with Crippen LogP contribution in [0.4, 0.5) is 0 Å². The maximum Gasteiger partial charge on any atom is 0.397 e. The van der Waals surface area contributed by atoms with Crippen LogP contribution in [0.1, 0.15) is 110 Å². The van der Waals surface area contributed by atoms with Gasteiger partial charge in [0.1, 0.15) is 0 Å². The van der Waals surface area contributed by atoms with E-state index in [9.17, 15) is 8.42 Å². The van der Waals surface area contributed by atoms with Crippen molar-refractivity contribution in [2.24, 2.45) is 0 Å². The van der Waals surface area contributed by atoms with Crippen LogP contribution in [0.5, 0.6) is 0 Å². The molecular weight excluding hydrogens is 689 g/mol. The van der Waals surface area contributed by atoms with Gasteiger partial charge in [0.05, 0.1) is 112 Å². The lowest BCUT2D eigenvalue weighted by Crippen LogP contribution is -2.15. The molecule has 0 aliphatic rings. The van der Waals surface area contributed by atoms with Crippen molar-refractivity contribution < 1.29 is 55.0 Å². The van der Waals surface area contributed by atoms with E-state index in [1.807, 2.05) is 11.8 Å². The fraction of sp³-hybridized carbons (Fsp3) is 1.00. The Bertz CT molecular complexity index is 734. The van der Waals surface area contributed by atoms with Gasteiger partial charge in [0.25, 0.3) is 0 Å². The first-order valence-electron chi connectivity index (χ1n) is 19.4. The van der Waals surface area contributed by atoms with Crippen molar-refractivity contribution in [1.82, 2.24) is 0 Å². The normalized spacial score (nSPS) is 12.0. The van der Waals surface area contributed by atoms with Crippen LogP contribution in [-0.4, -0.2) is 137 Å². The SMILES string of the molecule is CCCCCCCCCCCCCCCCCCSCCOCCOCCOCCOCCOCCOCCOCCOCCOS(=O)(=O)O. The molecular formula is C36H74O12S2. The molecule has 0 aromatic heterocycles. The molecule has 0 aliphatic carbocycles. The minimum Gasteiger partial charge on any atom is -0.378 e. The van der Waals surface area contributed by atoms with Gasteiger partial charge >= 0.3 is 10.4 Å². The summed E-state index contributed by atoms with van der Waals surface area (Å²) in [5.74, 6) is 2.30. The first-order valence-corrected chi connectivity index (χ1v) is 21.9. The van der Waals surface area contributed by atoms with E-state index >= 15 is 0 Å². The van der Waals surface area contributed by atoms with Crippen LogP contribution in [0.3, 0.4) is 0 Å². The Kier molecular flexibility index (Phi) is 43.2. The molecule has 0 radical (unpaired) electrons. The minimum atomic E-state index is -4.42. The van der Waals surface area contributed by atoms with E-state index in [1.54, 1.807) is 0 Å². The topological polar surface area (TPSA) is 137 Å². The van der Waals surface area contributed by atoms with E-state index in [-0.39, 0.29) is 19.8 Å². The van der Waals surface area contributed by atoms with Gasteiger partial charge < -0.3 is 37.9 Å². The summed E-state index contributed by atoms with van der Waals surface area (Å²) in [6.07, 6.45) is 22.7. The second-order valence-electron chi connectivity index (χ2n) is 12.1. The number of thioether (sulfide) groups is 1. The second kappa shape index (κ2) is 43.3. The van der Waals surface area contributed by atoms with Gasteiger partial charge in [0.2, 0.25) is 0 Å². The number of hydrogen-bond donors (Lipinski definition) is 1. The molecule has 0 saturated carbocycles. The Morgan fingerprint density at radius 3 is 0.920 bits per heavy atom. The summed E-state index contributed by atoms with van der Waals surface area (Å²) < 4.78 is 76.7. The molecule has 302 valence electrons. The number of hydrogen-bond acceptors (Lipinski definition) is 12. The zero-order valence-corrected chi connectivity index (χ0v) is 33.1. The molecule has 50 heavy (non-hydrogen) atoms. The van der Waals surface area contributed by atoms with E-state index < -0.39 is 10.4 Å². The zero-order valence-electron chi connectivity index (χ0n) is 31.5. The molecule has 0 bridgehead atoms. The van der Waals surface area contributed by atoms with E-state index in [0.29, 0.717) is 85.9 Å². The Morgan fingerprint density at radius 2 is 0.620 bits per heavy atom. The predicted octanol–water partition coefficient (Wildman–Crippen LogP) is 6.93. The summed E-state index contributed by atoms with van der Waals surface area (Å²) in [5.41, 5.74) is 0. The fourth-order valence-electron chi connectivity index (χ4n) is 4.81. The van der Waals surface area contributed by atoms with Gasteiger partial charge in [-0.3, -0.25) is 4.55 Å². The standard InChI is InChI=1S/C36H74O12S2/c1-2-3-4-5-6-7-8-9-10-11-12-13-14-15-16-17-35-49-36-34-47-31-30-45-27-26-43-23-22-41-19-18-40-20-21-42-24-25-44-28-29-46-32-33-48-50(37,38)39/h2-36H2,1H3,(H,37,38,39). The van der Waals surface area contributed by atoms with Gasteiger partial charge in [-0.2, -0.15) is 20.2 Å². The first kappa shape index (κ1) is 49.9. The van der Waals surface area contributed by atoms with Crippen LogP contribution < -0.4 is 0 Å². The maximum absolute atomic E-state index is 10.3. The third-order valence-corrected chi connectivity index (χ3v) is 9.08. The van der Waals surface area contributed by atoms with Crippen molar-refractivity contribution in [3.8, 4) is 0 Å². The van der Waals surface area contributed by atoms with Gasteiger partial charge in [0, 0.05) is 5.75 Å². The van der Waals surface area contributed by atoms with Crippen molar-refractivity contribution >= 4 is 22.2 Å². The van der Waals surface area contributed by atoms with Crippen LogP contribution in [0.25, 0.3) is 0 Å². The molecule has 0 aliphatic heterocycles. The molecule has 0 heterocycles. The highest BCUT2D eigenvalue weighted by atomic mass is 32.3. The Balaban J connectivity index is 3.06. The number of rotatable bonds is 45. The van der Waals surface area contributed by atoms with Crippen LogP contribution in [0.2, 0.25) is 0 Å². The molecule has 0 rings (SSSR count). The van der Waals surface area contributed by atoms with E-state index in [2.05, 4.69) is 11.1 Å². The van der Waals surface area contributed by atoms with Gasteiger partial charge in [-0.05, 0) is 12.2 Å². The molecule has 0 atom stereocenters. The maximum atomic E-state index is 10.3. The molecule has 0 amide bonds. The average Bonchev–Trinajstić information content (AvgIpc) is 3.09. The minimum absolute atomic E-state index is 0.0398.